The molecule has 0 aliphatic carbocycles. The van der Waals surface area contributed by atoms with Crippen LogP contribution in [0.4, 0.5) is 4.79 Å². The van der Waals surface area contributed by atoms with Crippen LogP contribution in [0.3, 0.4) is 0 Å². The van der Waals surface area contributed by atoms with Crippen molar-refractivity contribution in [3.05, 3.63) is 55.1 Å². The summed E-state index contributed by atoms with van der Waals surface area (Å²) in [6.45, 7) is 7.86. The van der Waals surface area contributed by atoms with E-state index in [2.05, 4.69) is 18.5 Å². The molecule has 7 nitrogen and oxygen atoms in total. The molecule has 1 atom stereocenters. The van der Waals surface area contributed by atoms with E-state index >= 15 is 0 Å². The van der Waals surface area contributed by atoms with E-state index in [1.165, 1.54) is 4.90 Å². The van der Waals surface area contributed by atoms with Gasteiger partial charge in [-0.15, -0.1) is 13.2 Å². The maximum absolute atomic E-state index is 13.1. The maximum Gasteiger partial charge on any atom is 0.325 e. The maximum atomic E-state index is 13.1. The number of carbonyl (C=O) groups excluding carboxylic acids is 3. The highest BCUT2D eigenvalue weighted by molar-refractivity contribution is 6.09. The lowest BCUT2D eigenvalue weighted by Crippen LogP contribution is -2.48. The van der Waals surface area contributed by atoms with Gasteiger partial charge in [0, 0.05) is 25.1 Å². The topological polar surface area (TPSA) is 79.0 Å². The lowest BCUT2D eigenvalue weighted by Gasteiger charge is -2.33. The number of benzene rings is 1. The van der Waals surface area contributed by atoms with Gasteiger partial charge < -0.3 is 15.0 Å². The van der Waals surface area contributed by atoms with Gasteiger partial charge in [-0.1, -0.05) is 30.4 Å². The lowest BCUT2D eigenvalue weighted by atomic mass is 9.84. The van der Waals surface area contributed by atoms with E-state index in [4.69, 9.17) is 4.74 Å². The summed E-state index contributed by atoms with van der Waals surface area (Å²) in [5.74, 6) is -0.199. The van der Waals surface area contributed by atoms with Gasteiger partial charge in [-0.3, -0.25) is 14.5 Å². The summed E-state index contributed by atoms with van der Waals surface area (Å²) < 4.78 is 5.59. The van der Waals surface area contributed by atoms with Gasteiger partial charge in [-0.2, -0.15) is 0 Å². The Morgan fingerprint density at radius 3 is 2.65 bits per heavy atom. The Kier molecular flexibility index (Phi) is 4.79. The number of urea groups is 1. The van der Waals surface area contributed by atoms with Crippen molar-refractivity contribution in [2.24, 2.45) is 0 Å². The number of rotatable bonds is 6. The first-order valence-corrected chi connectivity index (χ1v) is 8.39. The highest BCUT2D eigenvalue weighted by Crippen LogP contribution is 2.40. The van der Waals surface area contributed by atoms with Crippen molar-refractivity contribution in [3.63, 3.8) is 0 Å². The third-order valence-electron chi connectivity index (χ3n) is 4.60. The highest BCUT2D eigenvalue weighted by atomic mass is 16.5. The van der Waals surface area contributed by atoms with Crippen molar-refractivity contribution in [2.45, 2.75) is 12.0 Å². The van der Waals surface area contributed by atoms with Gasteiger partial charge in [0.15, 0.2) is 5.54 Å². The minimum Gasteiger partial charge on any atom is -0.493 e. The Bertz CT molecular complexity index is 766. The summed E-state index contributed by atoms with van der Waals surface area (Å²) in [7, 11) is 0. The minimum atomic E-state index is -1.17. The van der Waals surface area contributed by atoms with E-state index in [-0.39, 0.29) is 12.5 Å². The number of hydrogen-bond acceptors (Lipinski definition) is 4. The molecule has 1 fully saturated rings. The van der Waals surface area contributed by atoms with E-state index < -0.39 is 17.5 Å². The molecule has 4 amide bonds. The first-order valence-electron chi connectivity index (χ1n) is 8.39. The van der Waals surface area contributed by atoms with Gasteiger partial charge in [0.05, 0.1) is 6.61 Å². The molecule has 1 saturated heterocycles. The Balaban J connectivity index is 1.85. The summed E-state index contributed by atoms with van der Waals surface area (Å²) in [4.78, 5) is 40.6. The number of nitrogens with zero attached hydrogens (tertiary/aromatic N) is 2. The molecule has 0 unspecified atom stereocenters. The molecule has 3 rings (SSSR count). The smallest absolute Gasteiger partial charge is 0.325 e. The highest BCUT2D eigenvalue weighted by Gasteiger charge is 2.55. The second kappa shape index (κ2) is 7.03. The summed E-state index contributed by atoms with van der Waals surface area (Å²) in [6.07, 6.45) is 3.50. The molecule has 1 aromatic rings. The number of fused-ring (bicyclic) bond motifs is 2. The summed E-state index contributed by atoms with van der Waals surface area (Å²) in [5, 5.41) is 2.78. The van der Waals surface area contributed by atoms with Crippen LogP contribution in [-0.4, -0.2) is 53.9 Å². The number of para-hydroxylation sites is 1. The molecule has 2 aliphatic rings. The van der Waals surface area contributed by atoms with E-state index in [0.717, 1.165) is 4.90 Å². The second-order valence-corrected chi connectivity index (χ2v) is 6.20. The normalized spacial score (nSPS) is 21.0. The van der Waals surface area contributed by atoms with E-state index in [1.807, 2.05) is 6.07 Å². The number of nitrogens with one attached hydrogen (secondary N) is 1. The van der Waals surface area contributed by atoms with Gasteiger partial charge in [0.1, 0.15) is 12.3 Å². The van der Waals surface area contributed by atoms with Gasteiger partial charge in [-0.05, 0) is 6.07 Å². The van der Waals surface area contributed by atoms with Gasteiger partial charge in [0.2, 0.25) is 5.91 Å². The molecule has 2 aliphatic heterocycles. The molecule has 0 bridgehead atoms. The van der Waals surface area contributed by atoms with Crippen LogP contribution in [0.1, 0.15) is 12.0 Å². The van der Waals surface area contributed by atoms with E-state index in [0.29, 0.717) is 37.4 Å². The van der Waals surface area contributed by atoms with E-state index in [9.17, 15) is 14.4 Å². The minimum absolute atomic E-state index is 0.309. The molecule has 0 radical (unpaired) electrons. The fraction of sp³-hybridized carbons (Fsp3) is 0.316. The molecular formula is C19H21N3O4. The zero-order valence-corrected chi connectivity index (χ0v) is 14.4. The molecule has 0 saturated carbocycles. The molecule has 7 heteroatoms. The van der Waals surface area contributed by atoms with Crippen LogP contribution in [0, 0.1) is 0 Å². The Labute approximate surface area is 151 Å². The average molecular weight is 355 g/mol. The zero-order chi connectivity index (χ0) is 18.7. The van der Waals surface area contributed by atoms with Gasteiger partial charge in [-0.25, -0.2) is 4.79 Å². The number of carbonyl (C=O) groups is 3. The molecule has 1 spiro atoms. The van der Waals surface area contributed by atoms with E-state index in [1.54, 1.807) is 30.4 Å². The third kappa shape index (κ3) is 2.85. The number of ether oxygens (including phenoxy) is 1. The Hall–Kier alpha value is -3.09. The number of amides is 4. The fourth-order valence-corrected chi connectivity index (χ4v) is 3.34. The third-order valence-corrected chi connectivity index (χ3v) is 4.60. The molecule has 136 valence electrons. The summed E-state index contributed by atoms with van der Waals surface area (Å²) in [5.41, 5.74) is -0.554. The van der Waals surface area contributed by atoms with Crippen molar-refractivity contribution in [1.29, 1.82) is 0 Å². The summed E-state index contributed by atoms with van der Waals surface area (Å²) in [6, 6.07) is 6.55. The van der Waals surface area contributed by atoms with Crippen molar-refractivity contribution >= 4 is 17.8 Å². The molecule has 1 aromatic carbocycles. The fourth-order valence-electron chi connectivity index (χ4n) is 3.34. The van der Waals surface area contributed by atoms with Crippen LogP contribution in [-0.2, 0) is 15.1 Å². The van der Waals surface area contributed by atoms with Crippen molar-refractivity contribution in [3.8, 4) is 5.75 Å². The summed E-state index contributed by atoms with van der Waals surface area (Å²) >= 11 is 0. The monoisotopic (exact) mass is 355 g/mol. The van der Waals surface area contributed by atoms with Crippen molar-refractivity contribution < 1.29 is 19.1 Å². The van der Waals surface area contributed by atoms with Gasteiger partial charge in [0.25, 0.3) is 5.91 Å². The van der Waals surface area contributed by atoms with Crippen LogP contribution < -0.4 is 10.1 Å². The van der Waals surface area contributed by atoms with Crippen LogP contribution in [0.15, 0.2) is 49.6 Å². The Morgan fingerprint density at radius 1 is 1.27 bits per heavy atom. The molecule has 26 heavy (non-hydrogen) atoms. The standard InChI is InChI=1S/C19H21N3O4/c1-3-10-21(11-4-2)16(23)13-22-17(24)19(20-18(22)25)9-12-26-15-8-6-5-7-14(15)19/h3-8H,1-2,9-13H2,(H,20,25)/t19-/m1/s1. The quantitative estimate of drug-likeness (QED) is 0.618. The largest absolute Gasteiger partial charge is 0.493 e. The second-order valence-electron chi connectivity index (χ2n) is 6.20. The van der Waals surface area contributed by atoms with Crippen LogP contribution in [0.25, 0.3) is 0 Å². The predicted molar refractivity (Wildman–Crippen MR) is 95.5 cm³/mol. The number of imide groups is 1. The molecular weight excluding hydrogens is 334 g/mol. The molecule has 1 N–H and O–H groups in total. The van der Waals surface area contributed by atoms with Crippen LogP contribution in [0.5, 0.6) is 5.75 Å². The molecule has 2 heterocycles. The lowest BCUT2D eigenvalue weighted by molar-refractivity contribution is -0.139. The predicted octanol–water partition coefficient (Wildman–Crippen LogP) is 1.42. The Morgan fingerprint density at radius 2 is 1.96 bits per heavy atom. The zero-order valence-electron chi connectivity index (χ0n) is 14.4. The number of hydrogen-bond donors (Lipinski definition) is 1. The van der Waals surface area contributed by atoms with Crippen LogP contribution >= 0.6 is 0 Å². The first-order chi connectivity index (χ1) is 12.5. The molecule has 0 aromatic heterocycles. The van der Waals surface area contributed by atoms with Crippen molar-refractivity contribution in [2.75, 3.05) is 26.2 Å². The van der Waals surface area contributed by atoms with Crippen LogP contribution in [0.2, 0.25) is 0 Å². The van der Waals surface area contributed by atoms with Crippen molar-refractivity contribution in [1.82, 2.24) is 15.1 Å². The SMILES string of the molecule is C=CCN(CC=C)C(=O)CN1C(=O)N[C@@]2(CCOc3ccccc32)C1=O. The van der Waals surface area contributed by atoms with Gasteiger partial charge >= 0.3 is 6.03 Å². The first kappa shape index (κ1) is 17.7. The average Bonchev–Trinajstić information content (AvgIpc) is 2.87.